The van der Waals surface area contributed by atoms with E-state index in [4.69, 9.17) is 0 Å². The second-order valence-electron chi connectivity index (χ2n) is 7.32. The molecule has 4 heteroatoms. The minimum Gasteiger partial charge on any atom is -0.318 e. The molecular weight excluding hydrogens is 336 g/mol. The first-order chi connectivity index (χ1) is 13.0. The highest BCUT2D eigenvalue weighted by Gasteiger charge is 2.19. The van der Waals surface area contributed by atoms with Crippen molar-refractivity contribution in [2.45, 2.75) is 32.6 Å². The highest BCUT2D eigenvalue weighted by molar-refractivity contribution is 5.84. The van der Waals surface area contributed by atoms with Crippen LogP contribution in [0.4, 0.5) is 0 Å². The fourth-order valence-corrected chi connectivity index (χ4v) is 3.85. The molecular formula is C23H22N2O2. The van der Waals surface area contributed by atoms with Gasteiger partial charge in [-0.2, -0.15) is 0 Å². The molecule has 4 rings (SSSR count). The van der Waals surface area contributed by atoms with E-state index in [1.54, 1.807) is 17.8 Å². The molecule has 1 aliphatic rings. The van der Waals surface area contributed by atoms with Crippen LogP contribution < -0.4 is 5.56 Å². The van der Waals surface area contributed by atoms with Crippen molar-refractivity contribution in [3.05, 3.63) is 87.1 Å². The normalized spacial score (nSPS) is 13.5. The number of Topliss-reactive ketones (excluding diaryl/α,β-unsaturated/α-hetero) is 1. The Bertz CT molecular complexity index is 1060. The second-order valence-corrected chi connectivity index (χ2v) is 7.32. The van der Waals surface area contributed by atoms with Crippen molar-refractivity contribution in [2.75, 3.05) is 0 Å². The van der Waals surface area contributed by atoms with Crippen LogP contribution in [0.1, 0.15) is 34.4 Å². The SMILES string of the molecule is Cc1cc(-c2cc3c(cc2Cc2ccccn2)CC(=O)CC3)cn(C)c1=O. The van der Waals surface area contributed by atoms with E-state index in [1.165, 1.54) is 5.56 Å². The average molecular weight is 358 g/mol. The highest BCUT2D eigenvalue weighted by Crippen LogP contribution is 2.31. The summed E-state index contributed by atoms with van der Waals surface area (Å²) in [5.41, 5.74) is 7.39. The number of carbonyl (C=O) groups excluding carboxylic acids is 1. The van der Waals surface area contributed by atoms with E-state index >= 15 is 0 Å². The predicted molar refractivity (Wildman–Crippen MR) is 106 cm³/mol. The highest BCUT2D eigenvalue weighted by atomic mass is 16.1. The zero-order valence-electron chi connectivity index (χ0n) is 15.7. The fourth-order valence-electron chi connectivity index (χ4n) is 3.85. The minimum atomic E-state index is 0.0218. The Morgan fingerprint density at radius 3 is 2.67 bits per heavy atom. The number of hydrogen-bond acceptors (Lipinski definition) is 3. The molecule has 1 aliphatic carbocycles. The summed E-state index contributed by atoms with van der Waals surface area (Å²) >= 11 is 0. The quantitative estimate of drug-likeness (QED) is 0.721. The van der Waals surface area contributed by atoms with Crippen LogP contribution in [0.2, 0.25) is 0 Å². The molecule has 0 N–H and O–H groups in total. The van der Waals surface area contributed by atoms with Crippen molar-refractivity contribution in [3.63, 3.8) is 0 Å². The van der Waals surface area contributed by atoms with Gasteiger partial charge in [0.1, 0.15) is 5.78 Å². The molecule has 0 saturated heterocycles. The van der Waals surface area contributed by atoms with Gasteiger partial charge in [-0.25, -0.2) is 0 Å². The summed E-state index contributed by atoms with van der Waals surface area (Å²) in [5.74, 6) is 0.303. The van der Waals surface area contributed by atoms with E-state index < -0.39 is 0 Å². The van der Waals surface area contributed by atoms with Gasteiger partial charge in [0.2, 0.25) is 0 Å². The zero-order chi connectivity index (χ0) is 19.0. The first-order valence-electron chi connectivity index (χ1n) is 9.25. The summed E-state index contributed by atoms with van der Waals surface area (Å²) in [6, 6.07) is 12.2. The Balaban J connectivity index is 1.88. The van der Waals surface area contributed by atoms with Gasteiger partial charge in [-0.3, -0.25) is 14.6 Å². The van der Waals surface area contributed by atoms with Crippen molar-refractivity contribution in [1.82, 2.24) is 9.55 Å². The standard InChI is InChI=1S/C23H22N2O2/c1-15-9-19(14-25(2)23(15)27)22-13-16-6-7-21(26)12-17(16)10-18(22)11-20-5-3-4-8-24-20/h3-5,8-10,13-14H,6-7,11-12H2,1-2H3. The molecule has 0 aliphatic heterocycles. The van der Waals surface area contributed by atoms with Crippen LogP contribution >= 0.6 is 0 Å². The molecule has 2 heterocycles. The van der Waals surface area contributed by atoms with Gasteiger partial charge in [0.25, 0.3) is 5.56 Å². The molecule has 136 valence electrons. The maximum absolute atomic E-state index is 12.1. The van der Waals surface area contributed by atoms with Crippen molar-refractivity contribution in [1.29, 1.82) is 0 Å². The van der Waals surface area contributed by atoms with Gasteiger partial charge in [-0.1, -0.05) is 18.2 Å². The van der Waals surface area contributed by atoms with Gasteiger partial charge < -0.3 is 4.57 Å². The lowest BCUT2D eigenvalue weighted by atomic mass is 9.85. The Kier molecular flexibility index (Phi) is 4.48. The largest absolute Gasteiger partial charge is 0.318 e. The zero-order valence-corrected chi connectivity index (χ0v) is 15.7. The van der Waals surface area contributed by atoms with E-state index in [0.717, 1.165) is 39.9 Å². The summed E-state index contributed by atoms with van der Waals surface area (Å²) < 4.78 is 1.64. The lowest BCUT2D eigenvalue weighted by Gasteiger charge is -2.20. The topological polar surface area (TPSA) is 52.0 Å². The molecule has 0 spiro atoms. The van der Waals surface area contributed by atoms with Crippen LogP contribution in [0.25, 0.3) is 11.1 Å². The molecule has 0 bridgehead atoms. The van der Waals surface area contributed by atoms with Crippen molar-refractivity contribution in [3.8, 4) is 11.1 Å². The van der Waals surface area contributed by atoms with E-state index in [9.17, 15) is 9.59 Å². The van der Waals surface area contributed by atoms with Crippen LogP contribution in [0, 0.1) is 6.92 Å². The predicted octanol–water partition coefficient (Wildman–Crippen LogP) is 3.40. The molecule has 0 unspecified atom stereocenters. The second kappa shape index (κ2) is 6.95. The summed E-state index contributed by atoms with van der Waals surface area (Å²) in [7, 11) is 1.79. The number of nitrogens with zero attached hydrogens (tertiary/aromatic N) is 2. The molecule has 0 fully saturated rings. The van der Waals surface area contributed by atoms with E-state index in [-0.39, 0.29) is 5.56 Å². The van der Waals surface area contributed by atoms with Crippen LogP contribution in [0.5, 0.6) is 0 Å². The van der Waals surface area contributed by atoms with E-state index in [0.29, 0.717) is 25.0 Å². The summed E-state index contributed by atoms with van der Waals surface area (Å²) in [5, 5.41) is 0. The van der Waals surface area contributed by atoms with Crippen molar-refractivity contribution < 1.29 is 4.79 Å². The number of ketones is 1. The van der Waals surface area contributed by atoms with E-state index in [1.807, 2.05) is 37.4 Å². The number of fused-ring (bicyclic) bond motifs is 1. The third kappa shape index (κ3) is 3.47. The average Bonchev–Trinajstić information content (AvgIpc) is 2.66. The maximum atomic E-state index is 12.1. The molecule has 0 radical (unpaired) electrons. The van der Waals surface area contributed by atoms with Gasteiger partial charge >= 0.3 is 0 Å². The Hall–Kier alpha value is -3.01. The van der Waals surface area contributed by atoms with Gasteiger partial charge in [0.15, 0.2) is 0 Å². The lowest BCUT2D eigenvalue weighted by molar-refractivity contribution is -0.118. The number of rotatable bonds is 3. The molecule has 0 atom stereocenters. The smallest absolute Gasteiger partial charge is 0.253 e. The van der Waals surface area contributed by atoms with Crippen LogP contribution in [0.15, 0.2) is 53.6 Å². The number of aromatic nitrogens is 2. The van der Waals surface area contributed by atoms with Crippen LogP contribution in [0.3, 0.4) is 0 Å². The van der Waals surface area contributed by atoms with Gasteiger partial charge in [-0.15, -0.1) is 0 Å². The summed E-state index contributed by atoms with van der Waals surface area (Å²) in [6.45, 7) is 1.85. The minimum absolute atomic E-state index is 0.0218. The first kappa shape index (κ1) is 17.4. The number of pyridine rings is 2. The number of aryl methyl sites for hydroxylation is 3. The summed E-state index contributed by atoms with van der Waals surface area (Å²) in [4.78, 5) is 28.5. The van der Waals surface area contributed by atoms with Crippen molar-refractivity contribution in [2.24, 2.45) is 7.05 Å². The summed E-state index contributed by atoms with van der Waals surface area (Å²) in [6.07, 6.45) is 6.30. The van der Waals surface area contributed by atoms with Gasteiger partial charge in [0.05, 0.1) is 0 Å². The van der Waals surface area contributed by atoms with Crippen LogP contribution in [-0.4, -0.2) is 15.3 Å². The molecule has 2 aromatic heterocycles. The van der Waals surface area contributed by atoms with Crippen molar-refractivity contribution >= 4 is 5.78 Å². The molecule has 1 aromatic carbocycles. The molecule has 27 heavy (non-hydrogen) atoms. The van der Waals surface area contributed by atoms with Gasteiger partial charge in [-0.05, 0) is 59.4 Å². The van der Waals surface area contributed by atoms with Crippen LogP contribution in [-0.2, 0) is 31.1 Å². The monoisotopic (exact) mass is 358 g/mol. The molecule has 4 nitrogen and oxygen atoms in total. The Labute approximate surface area is 158 Å². The van der Waals surface area contributed by atoms with Gasteiger partial charge in [0, 0.05) is 50.0 Å². The molecule has 0 saturated carbocycles. The maximum Gasteiger partial charge on any atom is 0.253 e. The lowest BCUT2D eigenvalue weighted by Crippen LogP contribution is -2.19. The number of hydrogen-bond donors (Lipinski definition) is 0. The number of benzene rings is 1. The van der Waals surface area contributed by atoms with E-state index in [2.05, 4.69) is 17.1 Å². The molecule has 0 amide bonds. The fraction of sp³-hybridized carbons (Fsp3) is 0.261. The Morgan fingerprint density at radius 1 is 1.07 bits per heavy atom. The third-order valence-corrected chi connectivity index (χ3v) is 5.26. The molecule has 3 aromatic rings. The first-order valence-corrected chi connectivity index (χ1v) is 9.25. The number of carbonyl (C=O) groups is 1. The Morgan fingerprint density at radius 2 is 1.93 bits per heavy atom. The third-order valence-electron chi connectivity index (χ3n) is 5.26.